The second-order valence-corrected chi connectivity index (χ2v) is 15.4. The molecule has 0 unspecified atom stereocenters. The first-order chi connectivity index (χ1) is 32.4. The Kier molecular flexibility index (Phi) is 30.6. The van der Waals surface area contributed by atoms with Gasteiger partial charge in [0.1, 0.15) is 23.4 Å². The Morgan fingerprint density at radius 3 is 0.985 bits per heavy atom. The van der Waals surface area contributed by atoms with E-state index in [4.69, 9.17) is 42.6 Å². The fourth-order valence-electron chi connectivity index (χ4n) is 6.36. The zero-order valence-corrected chi connectivity index (χ0v) is 39.6. The van der Waals surface area contributed by atoms with Crippen LogP contribution < -0.4 is 14.2 Å². The van der Waals surface area contributed by atoms with Crippen LogP contribution in [0.2, 0.25) is 0 Å². The van der Waals surface area contributed by atoms with Gasteiger partial charge in [-0.2, -0.15) is 0 Å². The Morgan fingerprint density at radius 1 is 0.394 bits per heavy atom. The van der Waals surface area contributed by atoms with Crippen molar-refractivity contribution in [3.8, 4) is 17.2 Å². The lowest BCUT2D eigenvalue weighted by molar-refractivity contribution is -0.138. The average molecular weight is 915 g/mol. The second-order valence-electron chi connectivity index (χ2n) is 15.4. The van der Waals surface area contributed by atoms with E-state index in [-0.39, 0.29) is 24.0 Å². The molecule has 0 atom stereocenters. The van der Waals surface area contributed by atoms with Gasteiger partial charge in [0.2, 0.25) is 0 Å². The Labute approximate surface area is 393 Å². The quantitative estimate of drug-likeness (QED) is 0.0234. The Morgan fingerprint density at radius 2 is 0.682 bits per heavy atom. The fourth-order valence-corrected chi connectivity index (χ4v) is 6.36. The van der Waals surface area contributed by atoms with E-state index in [2.05, 4.69) is 0 Å². The standard InChI is InChI=1S/C54H74O12/c1-4-60-52(55)34-25-45-19-28-48(29-20-45)63-39-15-9-7-13-37-58-43-51(66-42-18-12-11-17-41-65-50-32-23-47(24-33-50)27-36-54(57)62-6-3)44-59-38-14-8-10-16-40-64-49-30-21-46(22-31-49)26-35-53(56)61-5-2/h19-36,51H,4-18,37-44H2,1-3H3. The summed E-state index contributed by atoms with van der Waals surface area (Å²) in [6, 6.07) is 23.0. The van der Waals surface area contributed by atoms with Gasteiger partial charge in [0.15, 0.2) is 0 Å². The highest BCUT2D eigenvalue weighted by Gasteiger charge is 2.11. The summed E-state index contributed by atoms with van der Waals surface area (Å²) >= 11 is 0. The minimum Gasteiger partial charge on any atom is -0.494 e. The summed E-state index contributed by atoms with van der Waals surface area (Å²) in [5.41, 5.74) is 2.73. The first-order valence-corrected chi connectivity index (χ1v) is 23.9. The second kappa shape index (κ2) is 36.7. The zero-order chi connectivity index (χ0) is 47.1. The maximum absolute atomic E-state index is 11.5. The van der Waals surface area contributed by atoms with Gasteiger partial charge in [-0.1, -0.05) is 55.7 Å². The summed E-state index contributed by atoms with van der Waals surface area (Å²) in [6.07, 6.45) is 21.4. The number of esters is 3. The molecule has 0 saturated heterocycles. The largest absolute Gasteiger partial charge is 0.494 e. The van der Waals surface area contributed by atoms with Gasteiger partial charge in [-0.15, -0.1) is 0 Å². The van der Waals surface area contributed by atoms with Crippen LogP contribution >= 0.6 is 0 Å². The number of benzene rings is 3. The lowest BCUT2D eigenvalue weighted by atomic mass is 10.2. The minimum absolute atomic E-state index is 0.121. The van der Waals surface area contributed by atoms with E-state index < -0.39 is 0 Å². The molecule has 0 radical (unpaired) electrons. The number of ether oxygens (including phenoxy) is 9. The predicted octanol–water partition coefficient (Wildman–Crippen LogP) is 11.1. The number of hydrogen-bond donors (Lipinski definition) is 0. The minimum atomic E-state index is -0.350. The highest BCUT2D eigenvalue weighted by Crippen LogP contribution is 2.17. The summed E-state index contributed by atoms with van der Waals surface area (Å²) < 4.78 is 50.9. The third-order valence-electron chi connectivity index (χ3n) is 9.91. The van der Waals surface area contributed by atoms with E-state index >= 15 is 0 Å². The summed E-state index contributed by atoms with van der Waals surface area (Å²) in [4.78, 5) is 34.6. The van der Waals surface area contributed by atoms with Crippen LogP contribution in [0.3, 0.4) is 0 Å². The van der Waals surface area contributed by atoms with Crippen molar-refractivity contribution in [1.29, 1.82) is 0 Å². The monoisotopic (exact) mass is 915 g/mol. The molecular formula is C54H74O12. The Balaban J connectivity index is 1.27. The highest BCUT2D eigenvalue weighted by molar-refractivity contribution is 5.88. The summed E-state index contributed by atoms with van der Waals surface area (Å²) in [5.74, 6) is 1.38. The first-order valence-electron chi connectivity index (χ1n) is 23.9. The van der Waals surface area contributed by atoms with Gasteiger partial charge in [-0.3, -0.25) is 0 Å². The molecule has 0 bridgehead atoms. The topological polar surface area (TPSA) is 134 Å². The molecule has 0 aliphatic rings. The molecular weight excluding hydrogens is 841 g/mol. The van der Waals surface area contributed by atoms with Crippen molar-refractivity contribution in [2.24, 2.45) is 0 Å². The summed E-state index contributed by atoms with van der Waals surface area (Å²) in [6.45, 7) is 11.4. The van der Waals surface area contributed by atoms with Crippen molar-refractivity contribution in [2.45, 2.75) is 104 Å². The number of carbonyl (C=O) groups is 3. The number of rotatable bonds is 38. The lowest BCUT2D eigenvalue weighted by Gasteiger charge is -2.18. The van der Waals surface area contributed by atoms with Gasteiger partial charge < -0.3 is 42.6 Å². The molecule has 0 saturated carbocycles. The van der Waals surface area contributed by atoms with E-state index in [0.717, 1.165) is 111 Å². The van der Waals surface area contributed by atoms with E-state index in [1.54, 1.807) is 39.0 Å². The van der Waals surface area contributed by atoms with Crippen molar-refractivity contribution in [1.82, 2.24) is 0 Å². The summed E-state index contributed by atoms with van der Waals surface area (Å²) in [5, 5.41) is 0. The fraction of sp³-hybridized carbons (Fsp3) is 0.500. The molecule has 66 heavy (non-hydrogen) atoms. The van der Waals surface area contributed by atoms with Gasteiger partial charge in [0.05, 0.1) is 52.9 Å². The van der Waals surface area contributed by atoms with Crippen LogP contribution in [0.25, 0.3) is 18.2 Å². The Bertz CT molecular complexity index is 1710. The molecule has 3 aromatic carbocycles. The number of carbonyl (C=O) groups excluding carboxylic acids is 3. The van der Waals surface area contributed by atoms with Crippen LogP contribution in [0.4, 0.5) is 0 Å². The number of hydrogen-bond acceptors (Lipinski definition) is 12. The normalized spacial score (nSPS) is 11.9. The van der Waals surface area contributed by atoms with Gasteiger partial charge in [-0.05, 0) is 150 Å². The maximum atomic E-state index is 11.5. The van der Waals surface area contributed by atoms with Gasteiger partial charge in [-0.25, -0.2) is 14.4 Å². The third-order valence-corrected chi connectivity index (χ3v) is 9.91. The molecule has 0 aliphatic heterocycles. The zero-order valence-electron chi connectivity index (χ0n) is 39.6. The van der Waals surface area contributed by atoms with Crippen molar-refractivity contribution in [3.63, 3.8) is 0 Å². The van der Waals surface area contributed by atoms with E-state index in [0.29, 0.717) is 72.7 Å². The molecule has 0 amide bonds. The molecule has 0 aromatic heterocycles. The molecule has 12 heteroatoms. The molecule has 0 fully saturated rings. The van der Waals surface area contributed by atoms with Gasteiger partial charge >= 0.3 is 17.9 Å². The average Bonchev–Trinajstić information content (AvgIpc) is 3.32. The smallest absolute Gasteiger partial charge is 0.330 e. The molecule has 0 spiro atoms. The third kappa shape index (κ3) is 27.8. The van der Waals surface area contributed by atoms with Gasteiger partial charge in [0.25, 0.3) is 0 Å². The van der Waals surface area contributed by atoms with Crippen LogP contribution in [0.1, 0.15) is 115 Å². The molecule has 3 rings (SSSR count). The van der Waals surface area contributed by atoms with Crippen molar-refractivity contribution in [3.05, 3.63) is 108 Å². The van der Waals surface area contributed by atoms with Crippen LogP contribution in [-0.2, 0) is 42.8 Å². The maximum Gasteiger partial charge on any atom is 0.330 e. The van der Waals surface area contributed by atoms with E-state index in [1.165, 1.54) is 18.2 Å². The predicted molar refractivity (Wildman–Crippen MR) is 260 cm³/mol. The van der Waals surface area contributed by atoms with E-state index in [9.17, 15) is 14.4 Å². The summed E-state index contributed by atoms with van der Waals surface area (Å²) in [7, 11) is 0. The first kappa shape index (κ1) is 54.9. The Hall–Kier alpha value is -5.43. The molecule has 0 N–H and O–H groups in total. The molecule has 0 heterocycles. The molecule has 3 aromatic rings. The molecule has 362 valence electrons. The van der Waals surface area contributed by atoms with Crippen molar-refractivity contribution >= 4 is 36.1 Å². The lowest BCUT2D eigenvalue weighted by Crippen LogP contribution is -2.27. The van der Waals surface area contributed by atoms with Crippen LogP contribution in [0.5, 0.6) is 17.2 Å². The molecule has 12 nitrogen and oxygen atoms in total. The van der Waals surface area contributed by atoms with Crippen molar-refractivity contribution in [2.75, 3.05) is 72.7 Å². The highest BCUT2D eigenvalue weighted by atomic mass is 16.6. The van der Waals surface area contributed by atoms with Gasteiger partial charge in [0, 0.05) is 38.0 Å². The SMILES string of the molecule is CCOC(=O)C=Cc1ccc(OCCCCCCOCC(COCCCCCCOc2ccc(C=CC(=O)OCC)cc2)OCCCCCCOc2ccc(C=CC(=O)OCC)cc2)cc1. The van der Waals surface area contributed by atoms with Crippen molar-refractivity contribution < 1.29 is 57.0 Å². The molecule has 0 aliphatic carbocycles. The van der Waals surface area contributed by atoms with Crippen LogP contribution in [0, 0.1) is 0 Å². The van der Waals surface area contributed by atoms with E-state index in [1.807, 2.05) is 72.8 Å². The van der Waals surface area contributed by atoms with Crippen LogP contribution in [0.15, 0.2) is 91.0 Å². The number of unbranched alkanes of at least 4 members (excludes halogenated alkanes) is 9. The van der Waals surface area contributed by atoms with Crippen LogP contribution in [-0.4, -0.2) is 96.7 Å².